The number of rotatable bonds is 10. The number of aromatic nitrogens is 1. The largest absolute Gasteiger partial charge is 0.497 e. The zero-order valence-corrected chi connectivity index (χ0v) is 25.9. The van der Waals surface area contributed by atoms with Crippen LogP contribution >= 0.6 is 0 Å². The first-order valence-electron chi connectivity index (χ1n) is 13.1. The lowest BCUT2D eigenvalue weighted by Crippen LogP contribution is -2.33. The van der Waals surface area contributed by atoms with Crippen molar-refractivity contribution >= 4 is 38.4 Å². The van der Waals surface area contributed by atoms with Crippen LogP contribution in [-0.4, -0.2) is 76.1 Å². The molecule has 0 saturated heterocycles. The molecule has 3 rings (SSSR count). The third kappa shape index (κ3) is 8.50. The summed E-state index contributed by atoms with van der Waals surface area (Å²) in [4.78, 5) is 31.4. The summed E-state index contributed by atoms with van der Waals surface area (Å²) in [5, 5.41) is 1.10. The molecule has 1 heterocycles. The number of pyridine rings is 1. The second-order valence-electron chi connectivity index (χ2n) is 10.1. The Morgan fingerprint density at radius 3 is 2.10 bits per heavy atom. The molecular weight excluding hydrogens is 528 g/mol. The van der Waals surface area contributed by atoms with E-state index in [1.54, 1.807) is 44.9 Å². The lowest BCUT2D eigenvalue weighted by Gasteiger charge is -2.20. The number of Topliss-reactive ketones (excluding diaryl/α,β-unsaturated/α-hetero) is 1. The van der Waals surface area contributed by atoms with Crippen molar-refractivity contribution in [3.63, 3.8) is 0 Å². The van der Waals surface area contributed by atoms with Crippen LogP contribution in [0.2, 0.25) is 0 Å². The van der Waals surface area contributed by atoms with Crippen LogP contribution in [0.3, 0.4) is 0 Å². The molecule has 0 aliphatic rings. The minimum Gasteiger partial charge on any atom is -0.497 e. The SMILES string of the molecule is CC(=O)N(C)Cc1ccc2nc(N(C)C)ccc2c1.CCCC(=O)CN(C)S(=O)(=O)c1c(C)cc(OC)cc1C. The van der Waals surface area contributed by atoms with Crippen LogP contribution in [0, 0.1) is 13.8 Å². The molecule has 0 fully saturated rings. The van der Waals surface area contributed by atoms with E-state index in [1.807, 2.05) is 44.1 Å². The molecule has 0 radical (unpaired) electrons. The van der Waals surface area contributed by atoms with E-state index >= 15 is 0 Å². The Bertz CT molecular complexity index is 1430. The summed E-state index contributed by atoms with van der Waals surface area (Å²) in [6.07, 6.45) is 1.10. The molecule has 0 spiro atoms. The van der Waals surface area contributed by atoms with Crippen molar-refractivity contribution in [3.05, 3.63) is 59.2 Å². The molecular formula is C30H42N4O5S. The van der Waals surface area contributed by atoms with Crippen molar-refractivity contribution < 1.29 is 22.7 Å². The second-order valence-corrected chi connectivity index (χ2v) is 12.1. The highest BCUT2D eigenvalue weighted by molar-refractivity contribution is 7.89. The van der Waals surface area contributed by atoms with Gasteiger partial charge in [0, 0.05) is 53.5 Å². The van der Waals surface area contributed by atoms with E-state index in [-0.39, 0.29) is 23.1 Å². The molecule has 40 heavy (non-hydrogen) atoms. The summed E-state index contributed by atoms with van der Waals surface area (Å²) >= 11 is 0. The van der Waals surface area contributed by atoms with E-state index in [4.69, 9.17) is 4.74 Å². The molecule has 9 nitrogen and oxygen atoms in total. The monoisotopic (exact) mass is 570 g/mol. The smallest absolute Gasteiger partial charge is 0.243 e. The van der Waals surface area contributed by atoms with Crippen LogP contribution in [0.25, 0.3) is 10.9 Å². The van der Waals surface area contributed by atoms with Crippen LogP contribution < -0.4 is 9.64 Å². The summed E-state index contributed by atoms with van der Waals surface area (Å²) in [5.41, 5.74) is 3.31. The quantitative estimate of drug-likeness (QED) is 0.352. The van der Waals surface area contributed by atoms with Crippen LogP contribution in [-0.2, 0) is 26.2 Å². The van der Waals surface area contributed by atoms with Gasteiger partial charge in [0.1, 0.15) is 17.4 Å². The molecule has 10 heteroatoms. The van der Waals surface area contributed by atoms with E-state index in [9.17, 15) is 18.0 Å². The Balaban J connectivity index is 0.000000281. The second kappa shape index (κ2) is 14.2. The van der Waals surface area contributed by atoms with Gasteiger partial charge in [-0.15, -0.1) is 0 Å². The topological polar surface area (TPSA) is 100 Å². The molecule has 3 aromatic rings. The number of anilines is 1. The fourth-order valence-corrected chi connectivity index (χ4v) is 5.74. The first-order chi connectivity index (χ1) is 18.7. The highest BCUT2D eigenvalue weighted by Gasteiger charge is 2.26. The van der Waals surface area contributed by atoms with Crippen LogP contribution in [0.5, 0.6) is 5.75 Å². The number of hydrogen-bond donors (Lipinski definition) is 0. The van der Waals surface area contributed by atoms with Gasteiger partial charge in [-0.3, -0.25) is 9.59 Å². The van der Waals surface area contributed by atoms with Crippen molar-refractivity contribution in [1.82, 2.24) is 14.2 Å². The molecule has 0 unspecified atom stereocenters. The predicted octanol–water partition coefficient (Wildman–Crippen LogP) is 4.58. The van der Waals surface area contributed by atoms with Gasteiger partial charge in [0.15, 0.2) is 0 Å². The number of carbonyl (C=O) groups excluding carboxylic acids is 2. The third-order valence-electron chi connectivity index (χ3n) is 6.42. The Kier molecular flexibility index (Phi) is 11.6. The maximum absolute atomic E-state index is 12.6. The number of carbonyl (C=O) groups is 2. The van der Waals surface area contributed by atoms with Gasteiger partial charge < -0.3 is 14.5 Å². The number of sulfonamides is 1. The van der Waals surface area contributed by atoms with Crippen LogP contribution in [0.1, 0.15) is 43.4 Å². The highest BCUT2D eigenvalue weighted by Crippen LogP contribution is 2.27. The molecule has 0 bridgehead atoms. The van der Waals surface area contributed by atoms with E-state index < -0.39 is 10.0 Å². The minimum absolute atomic E-state index is 0.0705. The van der Waals surface area contributed by atoms with Gasteiger partial charge in [-0.1, -0.05) is 13.0 Å². The number of aryl methyl sites for hydroxylation is 2. The third-order valence-corrected chi connectivity index (χ3v) is 8.53. The summed E-state index contributed by atoms with van der Waals surface area (Å²) in [6, 6.07) is 13.5. The highest BCUT2D eigenvalue weighted by atomic mass is 32.2. The van der Waals surface area contributed by atoms with E-state index in [0.29, 0.717) is 36.3 Å². The number of nitrogens with zero attached hydrogens (tertiary/aromatic N) is 4. The number of amides is 1. The van der Waals surface area contributed by atoms with Crippen molar-refractivity contribution in [2.24, 2.45) is 0 Å². The Labute approximate surface area is 238 Å². The van der Waals surface area contributed by atoms with Gasteiger partial charge in [-0.05, 0) is 73.4 Å². The van der Waals surface area contributed by atoms with Gasteiger partial charge in [0.2, 0.25) is 15.9 Å². The number of benzene rings is 2. The molecule has 0 N–H and O–H groups in total. The van der Waals surface area contributed by atoms with Crippen molar-refractivity contribution in [1.29, 1.82) is 0 Å². The molecule has 0 aliphatic carbocycles. The van der Waals surface area contributed by atoms with Crippen molar-refractivity contribution in [3.8, 4) is 5.75 Å². The number of fused-ring (bicyclic) bond motifs is 1. The molecule has 1 aromatic heterocycles. The summed E-state index contributed by atoms with van der Waals surface area (Å²) in [7, 11) is 5.05. The van der Waals surface area contributed by atoms with E-state index in [1.165, 1.54) is 14.2 Å². The van der Waals surface area contributed by atoms with Gasteiger partial charge in [0.05, 0.1) is 24.1 Å². The first kappa shape index (κ1) is 32.7. The van der Waals surface area contributed by atoms with Gasteiger partial charge in [-0.25, -0.2) is 13.4 Å². The van der Waals surface area contributed by atoms with Crippen LogP contribution in [0.15, 0.2) is 47.4 Å². The van der Waals surface area contributed by atoms with Crippen LogP contribution in [0.4, 0.5) is 5.82 Å². The lowest BCUT2D eigenvalue weighted by atomic mass is 10.1. The number of hydrogen-bond acceptors (Lipinski definition) is 7. The average Bonchev–Trinajstić information content (AvgIpc) is 2.88. The number of ether oxygens (including phenoxy) is 1. The van der Waals surface area contributed by atoms with E-state index in [2.05, 4.69) is 17.1 Å². The fourth-order valence-electron chi connectivity index (χ4n) is 4.18. The first-order valence-corrected chi connectivity index (χ1v) is 14.6. The summed E-state index contributed by atoms with van der Waals surface area (Å²) in [6.45, 7) is 7.45. The Hall–Kier alpha value is -3.50. The molecule has 0 atom stereocenters. The standard InChI is InChI=1S/C15H19N3O.C15H23NO4S/c1-11(19)18(4)10-12-5-7-14-13(9-12)6-8-15(16-14)17(2)3;1-6-7-13(17)10-16(4)21(18,19)15-11(2)8-14(20-5)9-12(15)3/h5-9H,10H2,1-4H3;8-9H,6-7,10H2,1-5H3. The van der Waals surface area contributed by atoms with Gasteiger partial charge in [-0.2, -0.15) is 4.31 Å². The zero-order valence-electron chi connectivity index (χ0n) is 25.1. The lowest BCUT2D eigenvalue weighted by molar-refractivity contribution is -0.128. The van der Waals surface area contributed by atoms with Crippen molar-refractivity contribution in [2.45, 2.75) is 52.0 Å². The van der Waals surface area contributed by atoms with Gasteiger partial charge in [0.25, 0.3) is 0 Å². The number of likely N-dealkylation sites (N-methyl/N-ethyl adjacent to an activating group) is 1. The van der Waals surface area contributed by atoms with Crippen molar-refractivity contribution in [2.75, 3.05) is 46.7 Å². The van der Waals surface area contributed by atoms with Gasteiger partial charge >= 0.3 is 0 Å². The molecule has 0 aliphatic heterocycles. The predicted molar refractivity (Wildman–Crippen MR) is 160 cm³/mol. The minimum atomic E-state index is -3.68. The molecule has 2 aromatic carbocycles. The maximum Gasteiger partial charge on any atom is 0.243 e. The zero-order chi connectivity index (χ0) is 30.2. The normalized spacial score (nSPS) is 11.2. The molecule has 218 valence electrons. The summed E-state index contributed by atoms with van der Waals surface area (Å²) in [5.74, 6) is 1.56. The number of ketones is 1. The molecule has 1 amide bonds. The molecule has 0 saturated carbocycles. The van der Waals surface area contributed by atoms with E-state index in [0.717, 1.165) is 26.6 Å². The maximum atomic E-state index is 12.6. The average molecular weight is 571 g/mol. The Morgan fingerprint density at radius 1 is 0.950 bits per heavy atom. The number of methoxy groups -OCH3 is 1. The Morgan fingerprint density at radius 2 is 1.57 bits per heavy atom. The fraction of sp³-hybridized carbons (Fsp3) is 0.433. The summed E-state index contributed by atoms with van der Waals surface area (Å²) < 4.78 is 31.5.